The molecular weight excluding hydrogens is 489 g/mol. The fourth-order valence-electron chi connectivity index (χ4n) is 2.78. The zero-order valence-corrected chi connectivity index (χ0v) is 19.3. The second kappa shape index (κ2) is 9.69. The van der Waals surface area contributed by atoms with E-state index in [1.165, 1.54) is 37.0 Å². The SMILES string of the molecule is COc1ccc(-c2ccn(CC[C@](C)(C(=O)NOP(=O)(O)O)S(C)(=O)=O)c(=O)c2)c(F)c1F. The smallest absolute Gasteiger partial charge is 0.491 e. The van der Waals surface area contributed by atoms with Crippen LogP contribution in [-0.4, -0.2) is 46.8 Å². The molecule has 0 spiro atoms. The lowest BCUT2D eigenvalue weighted by atomic mass is 10.0. The number of sulfone groups is 1. The Bertz CT molecular complexity index is 1280. The van der Waals surface area contributed by atoms with Crippen LogP contribution in [0.15, 0.2) is 35.3 Å². The van der Waals surface area contributed by atoms with Crippen molar-refractivity contribution in [2.75, 3.05) is 13.4 Å². The Morgan fingerprint density at radius 1 is 1.24 bits per heavy atom. The number of benzene rings is 1. The predicted octanol–water partition coefficient (Wildman–Crippen LogP) is 1.14. The van der Waals surface area contributed by atoms with Gasteiger partial charge in [0.1, 0.15) is 0 Å². The average molecular weight is 510 g/mol. The minimum Gasteiger partial charge on any atom is -0.494 e. The number of methoxy groups -OCH3 is 1. The molecule has 1 aromatic heterocycles. The van der Waals surface area contributed by atoms with Gasteiger partial charge in [-0.05, 0) is 37.1 Å². The van der Waals surface area contributed by atoms with E-state index in [-0.39, 0.29) is 23.4 Å². The molecule has 0 radical (unpaired) electrons. The van der Waals surface area contributed by atoms with Gasteiger partial charge in [-0.3, -0.25) is 9.59 Å². The molecule has 0 saturated heterocycles. The van der Waals surface area contributed by atoms with Crippen LogP contribution in [0.3, 0.4) is 0 Å². The van der Waals surface area contributed by atoms with E-state index in [0.717, 1.165) is 23.8 Å². The molecule has 15 heteroatoms. The molecule has 0 aliphatic carbocycles. The molecule has 1 aromatic carbocycles. The number of carbonyl (C=O) groups is 1. The number of aromatic nitrogens is 1. The minimum atomic E-state index is -5.12. The fourth-order valence-corrected chi connectivity index (χ4v) is 3.82. The van der Waals surface area contributed by atoms with Gasteiger partial charge in [0.15, 0.2) is 26.2 Å². The van der Waals surface area contributed by atoms with E-state index in [1.807, 2.05) is 0 Å². The number of halogens is 2. The van der Waals surface area contributed by atoms with Gasteiger partial charge in [0.25, 0.3) is 11.5 Å². The van der Waals surface area contributed by atoms with Crippen molar-refractivity contribution in [3.05, 3.63) is 52.5 Å². The molecule has 11 nitrogen and oxygen atoms in total. The summed E-state index contributed by atoms with van der Waals surface area (Å²) in [6, 6.07) is 4.71. The Kier molecular flexibility index (Phi) is 7.82. The van der Waals surface area contributed by atoms with Crippen molar-refractivity contribution in [2.24, 2.45) is 0 Å². The summed E-state index contributed by atoms with van der Waals surface area (Å²) in [6.07, 6.45) is 1.45. The zero-order chi connectivity index (χ0) is 25.2. The van der Waals surface area contributed by atoms with Crippen LogP contribution >= 0.6 is 7.82 Å². The number of phosphoric acid groups is 1. The molecule has 1 atom stereocenters. The van der Waals surface area contributed by atoms with Gasteiger partial charge in [-0.15, -0.1) is 0 Å². The number of carbonyl (C=O) groups excluding carboxylic acids is 1. The van der Waals surface area contributed by atoms with Crippen LogP contribution in [0.4, 0.5) is 8.78 Å². The number of ether oxygens (including phenoxy) is 1. The van der Waals surface area contributed by atoms with Gasteiger partial charge in [-0.25, -0.2) is 22.9 Å². The van der Waals surface area contributed by atoms with E-state index in [1.54, 1.807) is 0 Å². The summed E-state index contributed by atoms with van der Waals surface area (Å²) in [7, 11) is -8.10. The largest absolute Gasteiger partial charge is 0.494 e. The number of nitrogens with one attached hydrogen (secondary N) is 1. The first-order valence-corrected chi connectivity index (χ1v) is 12.5. The van der Waals surface area contributed by atoms with Gasteiger partial charge in [0.05, 0.1) is 7.11 Å². The maximum Gasteiger partial charge on any atom is 0.491 e. The lowest BCUT2D eigenvalue weighted by molar-refractivity contribution is -0.131. The number of pyridine rings is 1. The predicted molar refractivity (Wildman–Crippen MR) is 112 cm³/mol. The van der Waals surface area contributed by atoms with Crippen LogP contribution in [0.1, 0.15) is 13.3 Å². The Morgan fingerprint density at radius 2 is 1.88 bits per heavy atom. The normalized spacial score (nSPS) is 13.9. The van der Waals surface area contributed by atoms with Crippen molar-refractivity contribution in [1.82, 2.24) is 10.0 Å². The van der Waals surface area contributed by atoms with Gasteiger partial charge < -0.3 is 19.1 Å². The third kappa shape index (κ3) is 6.03. The summed E-state index contributed by atoms with van der Waals surface area (Å²) in [5.41, 5.74) is 0.562. The lowest BCUT2D eigenvalue weighted by Gasteiger charge is -2.26. The second-order valence-corrected chi connectivity index (χ2v) is 10.8. The molecule has 0 unspecified atom stereocenters. The number of amides is 1. The number of rotatable bonds is 9. The summed E-state index contributed by atoms with van der Waals surface area (Å²) in [5.74, 6) is -4.12. The highest BCUT2D eigenvalue weighted by Gasteiger charge is 2.44. The van der Waals surface area contributed by atoms with Crippen LogP contribution in [0.25, 0.3) is 11.1 Å². The molecule has 182 valence electrons. The summed E-state index contributed by atoms with van der Waals surface area (Å²) in [5, 5.41) is 0. The zero-order valence-electron chi connectivity index (χ0n) is 17.6. The molecule has 3 N–H and O–H groups in total. The van der Waals surface area contributed by atoms with Gasteiger partial charge in [0, 0.05) is 30.6 Å². The highest BCUT2D eigenvalue weighted by molar-refractivity contribution is 7.92. The molecule has 0 bridgehead atoms. The molecule has 1 amide bonds. The first kappa shape index (κ1) is 26.6. The molecule has 0 aliphatic rings. The van der Waals surface area contributed by atoms with Crippen molar-refractivity contribution in [2.45, 2.75) is 24.6 Å². The third-order valence-corrected chi connectivity index (χ3v) is 7.32. The van der Waals surface area contributed by atoms with Crippen LogP contribution in [0.2, 0.25) is 0 Å². The van der Waals surface area contributed by atoms with E-state index in [0.29, 0.717) is 0 Å². The maximum absolute atomic E-state index is 14.3. The Hall–Kier alpha value is -2.64. The summed E-state index contributed by atoms with van der Waals surface area (Å²) in [6.45, 7) is 0.682. The van der Waals surface area contributed by atoms with Crippen LogP contribution in [-0.2, 0) is 30.4 Å². The highest BCUT2D eigenvalue weighted by atomic mass is 32.2. The minimum absolute atomic E-state index is 0.0500. The number of hydrogen-bond donors (Lipinski definition) is 3. The first-order valence-electron chi connectivity index (χ1n) is 9.08. The van der Waals surface area contributed by atoms with E-state index >= 15 is 0 Å². The van der Waals surface area contributed by atoms with E-state index < -0.39 is 51.9 Å². The molecule has 1 heterocycles. The molecule has 0 fully saturated rings. The Balaban J connectivity index is 2.30. The summed E-state index contributed by atoms with van der Waals surface area (Å²) < 4.78 is 70.8. The van der Waals surface area contributed by atoms with Crippen molar-refractivity contribution < 1.29 is 45.7 Å². The van der Waals surface area contributed by atoms with Crippen LogP contribution in [0, 0.1) is 11.6 Å². The Morgan fingerprint density at radius 3 is 2.39 bits per heavy atom. The molecule has 33 heavy (non-hydrogen) atoms. The number of hydroxylamine groups is 1. The van der Waals surface area contributed by atoms with Gasteiger partial charge in [-0.1, -0.05) is 0 Å². The topological polar surface area (TPSA) is 161 Å². The van der Waals surface area contributed by atoms with Crippen LogP contribution in [0.5, 0.6) is 5.75 Å². The van der Waals surface area contributed by atoms with Gasteiger partial charge in [-0.2, -0.15) is 9.01 Å². The van der Waals surface area contributed by atoms with Gasteiger partial charge in [0.2, 0.25) is 5.82 Å². The summed E-state index contributed by atoms with van der Waals surface area (Å²) >= 11 is 0. The quantitative estimate of drug-likeness (QED) is 0.332. The monoisotopic (exact) mass is 510 g/mol. The van der Waals surface area contributed by atoms with Crippen molar-refractivity contribution in [1.29, 1.82) is 0 Å². The highest BCUT2D eigenvalue weighted by Crippen LogP contribution is 2.35. The van der Waals surface area contributed by atoms with E-state index in [2.05, 4.69) is 4.62 Å². The van der Waals surface area contributed by atoms with Gasteiger partial charge >= 0.3 is 7.82 Å². The first-order chi connectivity index (χ1) is 15.1. The maximum atomic E-state index is 14.3. The molecule has 2 aromatic rings. The van der Waals surface area contributed by atoms with E-state index in [9.17, 15) is 31.4 Å². The Labute approximate surface area is 187 Å². The van der Waals surface area contributed by atoms with Crippen molar-refractivity contribution in [3.63, 3.8) is 0 Å². The van der Waals surface area contributed by atoms with E-state index in [4.69, 9.17) is 14.5 Å². The molecule has 0 aliphatic heterocycles. The summed E-state index contributed by atoms with van der Waals surface area (Å²) in [4.78, 5) is 42.1. The van der Waals surface area contributed by atoms with Crippen molar-refractivity contribution >= 4 is 23.6 Å². The third-order valence-electron chi connectivity index (χ3n) is 4.96. The number of nitrogens with zero attached hydrogens (tertiary/aromatic N) is 1. The number of aryl methyl sites for hydroxylation is 1. The fraction of sp³-hybridized carbons (Fsp3) is 0.333. The second-order valence-electron chi connectivity index (χ2n) is 7.16. The molecule has 0 saturated carbocycles. The number of hydrogen-bond acceptors (Lipinski definition) is 7. The lowest BCUT2D eigenvalue weighted by Crippen LogP contribution is -2.50. The standard InChI is InChI=1S/C18H21F2N2O9PS/c1-18(33(3,28)29,17(24)21-31-32(25,26)27)7-9-22-8-6-11(10-14(22)23)12-4-5-13(30-2)16(20)15(12)19/h4-6,8,10H,7,9H2,1-3H3,(H,21,24)(H2,25,26,27)/t18-/m1/s1. The van der Waals surface area contributed by atoms with Crippen LogP contribution < -0.4 is 15.8 Å². The molecule has 2 rings (SSSR count). The molecular formula is C18H21F2N2O9PS. The average Bonchev–Trinajstić information content (AvgIpc) is 2.71. The van der Waals surface area contributed by atoms with Crippen molar-refractivity contribution in [3.8, 4) is 16.9 Å².